The number of nitrogens with two attached hydrogens (primary N) is 2. The number of hydrogen-bond acceptors (Lipinski definition) is 17. The maximum absolute atomic E-state index is 12.7. The summed E-state index contributed by atoms with van der Waals surface area (Å²) in [5.74, 6) is 0.186. The molecule has 70 heavy (non-hydrogen) atoms. The number of nitrogens with zero attached hydrogens (tertiary/aromatic N) is 2. The maximum atomic E-state index is 12.7. The summed E-state index contributed by atoms with van der Waals surface area (Å²) in [6, 6.07) is 9.63. The van der Waals surface area contributed by atoms with Gasteiger partial charge in [-0.25, -0.2) is 0 Å². The number of rotatable bonds is 28. The predicted molar refractivity (Wildman–Crippen MR) is 290 cm³/mol. The largest absolute Gasteiger partial charge is 1.00 e. The molecule has 4 unspecified atom stereocenters. The van der Waals surface area contributed by atoms with Gasteiger partial charge >= 0.3 is 99.3 Å². The zero-order valence-electron chi connectivity index (χ0n) is 43.1. The number of aliphatic imine (C=N–C) groups is 2. The molecule has 4 rings (SSSR count). The first-order chi connectivity index (χ1) is 31.8. The summed E-state index contributed by atoms with van der Waals surface area (Å²) in [6.45, 7) is 29.9. The van der Waals surface area contributed by atoms with Crippen LogP contribution in [0.1, 0.15) is 87.1 Å². The second kappa shape index (κ2) is 40.2. The number of alkyl halides is 2. The van der Waals surface area contributed by atoms with Gasteiger partial charge in [0, 0.05) is 34.6 Å². The van der Waals surface area contributed by atoms with E-state index in [9.17, 15) is 18.3 Å². The Bertz CT molecular complexity index is 1800. The molecule has 0 aromatic heterocycles. The van der Waals surface area contributed by atoms with Crippen LogP contribution in [0.3, 0.4) is 0 Å². The van der Waals surface area contributed by atoms with E-state index in [1.165, 1.54) is 0 Å². The Morgan fingerprint density at radius 3 is 1.23 bits per heavy atom. The van der Waals surface area contributed by atoms with Gasteiger partial charge in [0.05, 0.1) is 52.9 Å². The van der Waals surface area contributed by atoms with E-state index in [2.05, 4.69) is 73.7 Å². The van der Waals surface area contributed by atoms with Crippen LogP contribution in [0.5, 0.6) is 0 Å². The minimum absolute atomic E-state index is 0. The quantitative estimate of drug-likeness (QED) is 0.0342. The van der Waals surface area contributed by atoms with Crippen LogP contribution in [0.15, 0.2) is 90.4 Å². The van der Waals surface area contributed by atoms with Gasteiger partial charge in [0.15, 0.2) is 5.28 Å². The number of allylic oxidation sites excluding steroid dienone is 2. The summed E-state index contributed by atoms with van der Waals surface area (Å²) < 4.78 is 90.9. The first-order valence-electron chi connectivity index (χ1n) is 22.6. The summed E-state index contributed by atoms with van der Waals surface area (Å²) in [6.07, 6.45) is 14.7. The number of hydrogen-bond donors (Lipinski definition) is 2. The Balaban J connectivity index is -0.000000394. The molecule has 0 radical (unpaired) electrons. The molecule has 1 aromatic rings. The van der Waals surface area contributed by atoms with Crippen molar-refractivity contribution in [2.45, 2.75) is 97.4 Å². The van der Waals surface area contributed by atoms with E-state index in [0.717, 1.165) is 16.2 Å². The summed E-state index contributed by atoms with van der Waals surface area (Å²) in [5, 5.41) is -0.464. The van der Waals surface area contributed by atoms with E-state index >= 15 is 0 Å². The second-order valence-electron chi connectivity index (χ2n) is 14.5. The Morgan fingerprint density at radius 2 is 0.957 bits per heavy atom. The Hall–Kier alpha value is 0.972. The van der Waals surface area contributed by atoms with Crippen molar-refractivity contribution in [3.8, 4) is 0 Å². The van der Waals surface area contributed by atoms with Gasteiger partial charge in [0.25, 0.3) is 0 Å². The first kappa shape index (κ1) is 77.5. The number of halogens is 2. The second-order valence-corrected chi connectivity index (χ2v) is 24.8. The monoisotopic (exact) mass is 1320 g/mol. The third-order valence-electron chi connectivity index (χ3n) is 9.80. The maximum Gasteiger partial charge on any atom is 1.00 e. The van der Waals surface area contributed by atoms with E-state index in [1.807, 2.05) is 37.3 Å². The summed E-state index contributed by atoms with van der Waals surface area (Å²) >= 11 is 6.49. The first-order valence-corrected chi connectivity index (χ1v) is 31.2. The molecule has 3 saturated carbocycles. The van der Waals surface area contributed by atoms with Crippen molar-refractivity contribution in [3.63, 3.8) is 0 Å². The van der Waals surface area contributed by atoms with Crippen LogP contribution in [-0.2, 0) is 54.5 Å². The molecule has 3 aliphatic carbocycles. The zero-order chi connectivity index (χ0) is 51.3. The fourth-order valence-corrected chi connectivity index (χ4v) is 14.9. The molecule has 25 heteroatoms. The van der Waals surface area contributed by atoms with Gasteiger partial charge in [-0.2, -0.15) is 0 Å². The molecule has 3 aliphatic rings. The van der Waals surface area contributed by atoms with E-state index in [1.54, 1.807) is 86.0 Å². The average molecular weight is 1320 g/mol. The van der Waals surface area contributed by atoms with Crippen LogP contribution >= 0.6 is 62.2 Å². The smallest absolute Gasteiger partial charge is 0.870 e. The molecule has 6 atom stereocenters. The molecule has 7 N–H and O–H groups in total. The van der Waals surface area contributed by atoms with Crippen molar-refractivity contribution < 1.29 is 134 Å². The van der Waals surface area contributed by atoms with E-state index in [-0.39, 0.29) is 104 Å². The van der Waals surface area contributed by atoms with Gasteiger partial charge in [0.1, 0.15) is 16.8 Å². The number of benzene rings is 1. The molecule has 0 saturated heterocycles. The van der Waals surface area contributed by atoms with Crippen molar-refractivity contribution >= 4 is 74.7 Å². The van der Waals surface area contributed by atoms with Crippen molar-refractivity contribution in [2.75, 3.05) is 69.8 Å². The fourth-order valence-electron chi connectivity index (χ4n) is 6.35. The summed E-state index contributed by atoms with van der Waals surface area (Å²) in [7, 11) is -12.5. The van der Waals surface area contributed by atoms with Crippen molar-refractivity contribution in [3.05, 3.63) is 86.0 Å². The third-order valence-corrected chi connectivity index (χ3v) is 20.6. The van der Waals surface area contributed by atoms with Crippen LogP contribution in [0.2, 0.25) is 0 Å². The Morgan fingerprint density at radius 1 is 0.614 bits per heavy atom. The predicted octanol–water partition coefficient (Wildman–Crippen LogP) is 9.14. The molecular formula is C45H83Br2CsN4O14P4. The summed E-state index contributed by atoms with van der Waals surface area (Å²) in [4.78, 5) is 8.43. The molecule has 402 valence electrons. The molecule has 1 aromatic carbocycles. The molecule has 0 bridgehead atoms. The van der Waals surface area contributed by atoms with Crippen molar-refractivity contribution in [2.24, 2.45) is 39.2 Å². The van der Waals surface area contributed by atoms with E-state index in [0.29, 0.717) is 72.1 Å². The molecule has 18 nitrogen and oxygen atoms in total. The standard InChI is InChI=1S/C12H18NO3P.C11H20NO3P.2C9H18NO3P.C4H6Br2.Cs.2H2O/c1-3-15-17(14,16-4-2)11-13-10-12-8-6-5-7-9-12;1-5-10-9-11(10,12-6-2)16(13,14-7-3)15-8-4;2*1-4-8-7-9(8,10)14(11,12-5-2)13-6-3;5-3-1-2-4-6;;;/h5-10H,3-4,11H2,1-2H3;5-6,10H,1,7-9H2,2-4H3;2*4,8H,1,5-7,10H2,2-3H3;1-2H,3-4H2;;2*1H2/q;;;;;+1;;/p-1/b;;;;2-1+;;;/t;;8-,9+;;;;;/m..1...../s1. The van der Waals surface area contributed by atoms with Crippen LogP contribution in [-0.4, -0.2) is 109 Å². The molecule has 0 spiro atoms. The molecule has 0 heterocycles. The average Bonchev–Trinajstić information content (AvgIpc) is 4.25. The van der Waals surface area contributed by atoms with E-state index in [4.69, 9.17) is 47.7 Å². The van der Waals surface area contributed by atoms with E-state index < -0.39 is 46.2 Å². The van der Waals surface area contributed by atoms with Crippen LogP contribution in [0.4, 0.5) is 0 Å². The Kier molecular flexibility index (Phi) is 44.5. The molecule has 3 fully saturated rings. The SMILES string of the molecule is BrC/C=C/CBr.C=CC1CC1(N)P(=O)(OCC)OCC.C=CC1CC1(N=CC)P(=O)(OCC)OCC.C=C[C@@H]1C[C@]1(N)P(=O)(OCC)OCC.CCOP(=O)(CN=Cc1ccccc1)OCC.O.[Cs+].[OH-]. The molecule has 0 aliphatic heterocycles. The molecular weight excluding hydrogens is 1240 g/mol. The minimum Gasteiger partial charge on any atom is -0.870 e. The van der Waals surface area contributed by atoms with Crippen LogP contribution in [0.25, 0.3) is 0 Å². The van der Waals surface area contributed by atoms with Gasteiger partial charge < -0.3 is 58.6 Å². The fraction of sp³-hybridized carbons (Fsp3) is 0.644. The van der Waals surface area contributed by atoms with Gasteiger partial charge in [-0.05, 0) is 93.4 Å². The van der Waals surface area contributed by atoms with Gasteiger partial charge in [0.2, 0.25) is 0 Å². The molecule has 0 amide bonds. The van der Waals surface area contributed by atoms with Crippen molar-refractivity contribution in [1.82, 2.24) is 0 Å². The topological polar surface area (TPSA) is 280 Å². The Labute approximate surface area is 495 Å². The normalized spacial score (nSPS) is 23.2. The van der Waals surface area contributed by atoms with Gasteiger partial charge in [-0.15, -0.1) is 19.7 Å². The van der Waals surface area contributed by atoms with Crippen molar-refractivity contribution in [1.29, 1.82) is 0 Å². The van der Waals surface area contributed by atoms with Crippen LogP contribution in [0, 0.1) is 17.8 Å². The minimum atomic E-state index is -3.17. The van der Waals surface area contributed by atoms with Gasteiger partial charge in [-0.3, -0.25) is 28.2 Å². The third kappa shape index (κ3) is 24.1. The van der Waals surface area contributed by atoms with Crippen LogP contribution < -0.4 is 80.4 Å². The zero-order valence-corrected chi connectivity index (χ0v) is 56.2. The van der Waals surface area contributed by atoms with Gasteiger partial charge in [-0.1, -0.05) is 92.6 Å². The summed E-state index contributed by atoms with van der Waals surface area (Å²) in [5.41, 5.74) is 12.9.